The summed E-state index contributed by atoms with van der Waals surface area (Å²) in [5, 5.41) is 13.2. The first kappa shape index (κ1) is 16.9. The molecule has 128 valence electrons. The Hall–Kier alpha value is -2.99. The van der Waals surface area contributed by atoms with Crippen LogP contribution in [0.3, 0.4) is 0 Å². The Kier molecular flexibility index (Phi) is 4.90. The first-order valence-corrected chi connectivity index (χ1v) is 8.00. The summed E-state index contributed by atoms with van der Waals surface area (Å²) in [6.45, 7) is 1.90. The molecular formula is C19H19N3O3. The van der Waals surface area contributed by atoms with Crippen molar-refractivity contribution in [3.63, 3.8) is 0 Å². The molecule has 3 rings (SSSR count). The van der Waals surface area contributed by atoms with Gasteiger partial charge in [-0.25, -0.2) is 4.98 Å². The summed E-state index contributed by atoms with van der Waals surface area (Å²) in [6.07, 6.45) is 0.566. The maximum absolute atomic E-state index is 12.3. The number of benzene rings is 2. The molecule has 1 unspecified atom stereocenters. The number of amides is 1. The lowest BCUT2D eigenvalue weighted by molar-refractivity contribution is -0.122. The van der Waals surface area contributed by atoms with E-state index < -0.39 is 6.10 Å². The molecule has 1 heterocycles. The van der Waals surface area contributed by atoms with Crippen LogP contribution in [0, 0.1) is 6.92 Å². The van der Waals surface area contributed by atoms with Gasteiger partial charge in [-0.15, -0.1) is 0 Å². The lowest BCUT2D eigenvalue weighted by Crippen LogP contribution is -2.34. The second kappa shape index (κ2) is 7.27. The maximum Gasteiger partial charge on any atom is 0.261 e. The van der Waals surface area contributed by atoms with Gasteiger partial charge in [-0.1, -0.05) is 42.0 Å². The zero-order chi connectivity index (χ0) is 17.8. The number of carbonyl (C=O) groups is 1. The standard InChI is InChI=1S/C19H19N3O3/c1-13-6-8-14(9-7-13)17(23)10-20-18(24)11-22-12-21-16-5-3-2-4-15(16)19(22)25/h2-9,12,17,23H,10-11H2,1H3,(H,20,24). The molecule has 6 heteroatoms. The molecule has 0 aliphatic rings. The highest BCUT2D eigenvalue weighted by molar-refractivity contribution is 5.78. The Labute approximate surface area is 144 Å². The van der Waals surface area contributed by atoms with Crippen LogP contribution in [0.1, 0.15) is 17.2 Å². The van der Waals surface area contributed by atoms with Crippen molar-refractivity contribution >= 4 is 16.8 Å². The van der Waals surface area contributed by atoms with Gasteiger partial charge in [0.1, 0.15) is 6.54 Å². The number of hydrogen-bond donors (Lipinski definition) is 2. The van der Waals surface area contributed by atoms with Crippen LogP contribution in [0.5, 0.6) is 0 Å². The number of nitrogens with one attached hydrogen (secondary N) is 1. The molecule has 3 aromatic rings. The second-order valence-electron chi connectivity index (χ2n) is 5.93. The molecule has 2 N–H and O–H groups in total. The van der Waals surface area contributed by atoms with Crippen LogP contribution in [0.15, 0.2) is 59.7 Å². The van der Waals surface area contributed by atoms with E-state index in [0.29, 0.717) is 10.9 Å². The van der Waals surface area contributed by atoms with Crippen molar-refractivity contribution in [1.29, 1.82) is 0 Å². The number of aliphatic hydroxyl groups is 1. The summed E-state index contributed by atoms with van der Waals surface area (Å²) in [4.78, 5) is 28.6. The van der Waals surface area contributed by atoms with Crippen LogP contribution in [0.2, 0.25) is 0 Å². The van der Waals surface area contributed by atoms with Gasteiger partial charge in [0.2, 0.25) is 5.91 Å². The molecule has 0 radical (unpaired) electrons. The van der Waals surface area contributed by atoms with Crippen LogP contribution < -0.4 is 10.9 Å². The normalized spacial score (nSPS) is 12.1. The molecule has 0 saturated heterocycles. The summed E-state index contributed by atoms with van der Waals surface area (Å²) in [6, 6.07) is 14.4. The second-order valence-corrected chi connectivity index (χ2v) is 5.93. The summed E-state index contributed by atoms with van der Waals surface area (Å²) < 4.78 is 1.26. The lowest BCUT2D eigenvalue weighted by atomic mass is 10.1. The van der Waals surface area contributed by atoms with Crippen molar-refractivity contribution in [1.82, 2.24) is 14.9 Å². The van der Waals surface area contributed by atoms with Crippen molar-refractivity contribution in [3.05, 3.63) is 76.3 Å². The van der Waals surface area contributed by atoms with Crippen LogP contribution in [0.25, 0.3) is 10.9 Å². The van der Waals surface area contributed by atoms with E-state index in [1.807, 2.05) is 31.2 Å². The molecule has 0 spiro atoms. The fourth-order valence-electron chi connectivity index (χ4n) is 2.55. The van der Waals surface area contributed by atoms with E-state index in [9.17, 15) is 14.7 Å². The zero-order valence-electron chi connectivity index (χ0n) is 13.8. The molecule has 1 aromatic heterocycles. The van der Waals surface area contributed by atoms with E-state index in [0.717, 1.165) is 11.1 Å². The predicted molar refractivity (Wildman–Crippen MR) is 95.2 cm³/mol. The van der Waals surface area contributed by atoms with Crippen molar-refractivity contribution in [2.75, 3.05) is 6.54 Å². The average Bonchev–Trinajstić information content (AvgIpc) is 2.63. The van der Waals surface area contributed by atoms with Gasteiger partial charge in [0, 0.05) is 6.54 Å². The number of carbonyl (C=O) groups excluding carboxylic acids is 1. The third-order valence-corrected chi connectivity index (χ3v) is 4.00. The van der Waals surface area contributed by atoms with Gasteiger partial charge in [-0.05, 0) is 24.6 Å². The van der Waals surface area contributed by atoms with Gasteiger partial charge in [0.25, 0.3) is 5.56 Å². The Morgan fingerprint density at radius 2 is 1.92 bits per heavy atom. The molecule has 2 aromatic carbocycles. The first-order chi connectivity index (χ1) is 12.0. The highest BCUT2D eigenvalue weighted by Gasteiger charge is 2.11. The first-order valence-electron chi connectivity index (χ1n) is 8.00. The summed E-state index contributed by atoms with van der Waals surface area (Å²) in [7, 11) is 0. The Morgan fingerprint density at radius 1 is 1.20 bits per heavy atom. The van der Waals surface area contributed by atoms with E-state index in [-0.39, 0.29) is 24.6 Å². The highest BCUT2D eigenvalue weighted by atomic mass is 16.3. The third-order valence-electron chi connectivity index (χ3n) is 4.00. The highest BCUT2D eigenvalue weighted by Crippen LogP contribution is 2.12. The molecule has 0 fully saturated rings. The van der Waals surface area contributed by atoms with Gasteiger partial charge in [-0.2, -0.15) is 0 Å². The summed E-state index contributed by atoms with van der Waals surface area (Å²) >= 11 is 0. The molecule has 0 aliphatic heterocycles. The van der Waals surface area contributed by atoms with Crippen molar-refractivity contribution in [2.24, 2.45) is 0 Å². The molecule has 0 aliphatic carbocycles. The number of para-hydroxylation sites is 1. The number of hydrogen-bond acceptors (Lipinski definition) is 4. The zero-order valence-corrected chi connectivity index (χ0v) is 13.8. The van der Waals surface area contributed by atoms with Gasteiger partial charge in [0.15, 0.2) is 0 Å². The minimum absolute atomic E-state index is 0.0810. The third kappa shape index (κ3) is 3.92. The van der Waals surface area contributed by atoms with Crippen LogP contribution >= 0.6 is 0 Å². The fourth-order valence-corrected chi connectivity index (χ4v) is 2.55. The number of nitrogens with zero attached hydrogens (tertiary/aromatic N) is 2. The van der Waals surface area contributed by atoms with Crippen LogP contribution in [-0.2, 0) is 11.3 Å². The fraction of sp³-hybridized carbons (Fsp3) is 0.211. The van der Waals surface area contributed by atoms with Crippen LogP contribution in [0.4, 0.5) is 0 Å². The molecular weight excluding hydrogens is 318 g/mol. The molecule has 1 atom stereocenters. The monoisotopic (exact) mass is 337 g/mol. The summed E-state index contributed by atoms with van der Waals surface area (Å²) in [5.74, 6) is -0.356. The molecule has 1 amide bonds. The lowest BCUT2D eigenvalue weighted by Gasteiger charge is -2.13. The quantitative estimate of drug-likeness (QED) is 0.740. The van der Waals surface area contributed by atoms with E-state index in [1.54, 1.807) is 24.3 Å². The molecule has 25 heavy (non-hydrogen) atoms. The van der Waals surface area contributed by atoms with Crippen molar-refractivity contribution in [2.45, 2.75) is 19.6 Å². The SMILES string of the molecule is Cc1ccc(C(O)CNC(=O)Cn2cnc3ccccc3c2=O)cc1. The van der Waals surface area contributed by atoms with E-state index in [1.165, 1.54) is 10.9 Å². The number of aryl methyl sites for hydroxylation is 1. The topological polar surface area (TPSA) is 84.2 Å². The van der Waals surface area contributed by atoms with Crippen molar-refractivity contribution in [3.8, 4) is 0 Å². The minimum Gasteiger partial charge on any atom is -0.387 e. The maximum atomic E-state index is 12.3. The van der Waals surface area contributed by atoms with Crippen LogP contribution in [-0.4, -0.2) is 27.1 Å². The van der Waals surface area contributed by atoms with Gasteiger partial charge < -0.3 is 10.4 Å². The minimum atomic E-state index is -0.795. The largest absolute Gasteiger partial charge is 0.387 e. The summed E-state index contributed by atoms with van der Waals surface area (Å²) in [5.41, 5.74) is 2.16. The Balaban J connectivity index is 1.64. The van der Waals surface area contributed by atoms with Crippen molar-refractivity contribution < 1.29 is 9.90 Å². The van der Waals surface area contributed by atoms with Gasteiger partial charge in [0.05, 0.1) is 23.3 Å². The van der Waals surface area contributed by atoms with Gasteiger partial charge in [-0.3, -0.25) is 14.2 Å². The van der Waals surface area contributed by atoms with E-state index >= 15 is 0 Å². The smallest absolute Gasteiger partial charge is 0.261 e. The Morgan fingerprint density at radius 3 is 2.68 bits per heavy atom. The van der Waals surface area contributed by atoms with E-state index in [2.05, 4.69) is 10.3 Å². The number of rotatable bonds is 5. The van der Waals surface area contributed by atoms with E-state index in [4.69, 9.17) is 0 Å². The number of aromatic nitrogens is 2. The number of aliphatic hydroxyl groups excluding tert-OH is 1. The molecule has 0 saturated carbocycles. The molecule has 0 bridgehead atoms. The predicted octanol–water partition coefficient (Wildman–Crippen LogP) is 1.55. The number of fused-ring (bicyclic) bond motifs is 1. The average molecular weight is 337 g/mol. The van der Waals surface area contributed by atoms with Gasteiger partial charge >= 0.3 is 0 Å². The molecule has 6 nitrogen and oxygen atoms in total. The Bertz CT molecular complexity index is 948.